The molecule has 0 unspecified atom stereocenters. The summed E-state index contributed by atoms with van der Waals surface area (Å²) in [7, 11) is 1.47. The Bertz CT molecular complexity index is 729. The Morgan fingerprint density at radius 3 is 2.40 bits per heavy atom. The fourth-order valence-electron chi connectivity index (χ4n) is 2.47. The van der Waals surface area contributed by atoms with Gasteiger partial charge in [0.05, 0.1) is 12.8 Å². The molecule has 2 rings (SSSR count). The van der Waals surface area contributed by atoms with E-state index in [0.29, 0.717) is 16.3 Å². The number of aryl methyl sites for hydroxylation is 1. The van der Waals surface area contributed by atoms with Crippen LogP contribution in [0.1, 0.15) is 19.4 Å². The third-order valence-electron chi connectivity index (χ3n) is 3.61. The molecule has 0 saturated carbocycles. The lowest BCUT2D eigenvalue weighted by Gasteiger charge is -2.17. The van der Waals surface area contributed by atoms with Crippen LogP contribution in [-0.2, 0) is 14.4 Å². The number of hydrogen-bond donors (Lipinski definition) is 1. The van der Waals surface area contributed by atoms with Crippen LogP contribution in [0.5, 0.6) is 5.75 Å². The molecule has 134 valence electrons. The van der Waals surface area contributed by atoms with Gasteiger partial charge in [-0.3, -0.25) is 19.3 Å². The monoisotopic (exact) mass is 347 g/mol. The van der Waals surface area contributed by atoms with Gasteiger partial charge in [0.15, 0.2) is 0 Å². The number of methoxy groups -OCH3 is 1. The molecule has 1 aromatic rings. The van der Waals surface area contributed by atoms with E-state index in [1.165, 1.54) is 7.11 Å². The highest BCUT2D eigenvalue weighted by molar-refractivity contribution is 6.45. The van der Waals surface area contributed by atoms with Gasteiger partial charge in [-0.25, -0.2) is 9.69 Å². The van der Waals surface area contributed by atoms with Crippen LogP contribution in [0.3, 0.4) is 0 Å². The lowest BCUT2D eigenvalue weighted by Crippen LogP contribution is -2.39. The number of carbonyl (C=O) groups excluding carboxylic acids is 4. The van der Waals surface area contributed by atoms with Crippen LogP contribution in [0, 0.1) is 12.8 Å². The summed E-state index contributed by atoms with van der Waals surface area (Å²) in [6, 6.07) is 4.46. The van der Waals surface area contributed by atoms with E-state index in [4.69, 9.17) is 4.74 Å². The predicted molar refractivity (Wildman–Crippen MR) is 90.0 cm³/mol. The molecule has 0 atom stereocenters. The normalized spacial score (nSPS) is 14.5. The minimum Gasteiger partial charge on any atom is -0.495 e. The fourth-order valence-corrected chi connectivity index (χ4v) is 2.47. The summed E-state index contributed by atoms with van der Waals surface area (Å²) >= 11 is 0. The van der Waals surface area contributed by atoms with Crippen LogP contribution < -0.4 is 10.1 Å². The van der Waals surface area contributed by atoms with Gasteiger partial charge in [0.1, 0.15) is 12.3 Å². The van der Waals surface area contributed by atoms with Gasteiger partial charge in [0.2, 0.25) is 5.91 Å². The first-order valence-electron chi connectivity index (χ1n) is 7.86. The summed E-state index contributed by atoms with van der Waals surface area (Å²) in [5, 5.41) is 2.60. The predicted octanol–water partition coefficient (Wildman–Crippen LogP) is 1.39. The van der Waals surface area contributed by atoms with Crippen molar-refractivity contribution in [2.75, 3.05) is 25.5 Å². The van der Waals surface area contributed by atoms with Crippen molar-refractivity contribution in [2.45, 2.75) is 20.8 Å². The number of hydrogen-bond acceptors (Lipinski definition) is 5. The topological polar surface area (TPSA) is 96.0 Å². The number of urea groups is 1. The summed E-state index contributed by atoms with van der Waals surface area (Å²) in [5.74, 6) is -2.01. The summed E-state index contributed by atoms with van der Waals surface area (Å²) in [5.41, 5.74) is 1.33. The maximum Gasteiger partial charge on any atom is 0.334 e. The van der Waals surface area contributed by atoms with Gasteiger partial charge < -0.3 is 10.1 Å². The van der Waals surface area contributed by atoms with Crippen molar-refractivity contribution in [2.24, 2.45) is 5.92 Å². The van der Waals surface area contributed by atoms with Crippen molar-refractivity contribution in [3.63, 3.8) is 0 Å². The number of ether oxygens (including phenoxy) is 1. The molecule has 1 aliphatic heterocycles. The van der Waals surface area contributed by atoms with E-state index in [2.05, 4.69) is 5.32 Å². The van der Waals surface area contributed by atoms with E-state index in [-0.39, 0.29) is 12.5 Å². The minimum absolute atomic E-state index is 0.0195. The molecule has 1 aliphatic rings. The van der Waals surface area contributed by atoms with Crippen LogP contribution in [0.4, 0.5) is 10.5 Å². The molecule has 8 heteroatoms. The number of imide groups is 2. The molecule has 0 aromatic heterocycles. The van der Waals surface area contributed by atoms with Crippen molar-refractivity contribution in [3.05, 3.63) is 23.8 Å². The van der Waals surface area contributed by atoms with Gasteiger partial charge >= 0.3 is 17.8 Å². The molecule has 0 radical (unpaired) electrons. The maximum absolute atomic E-state index is 12.2. The Morgan fingerprint density at radius 2 is 1.80 bits per heavy atom. The van der Waals surface area contributed by atoms with Crippen LogP contribution in [-0.4, -0.2) is 53.8 Å². The largest absolute Gasteiger partial charge is 0.495 e. The molecule has 1 fully saturated rings. The van der Waals surface area contributed by atoms with E-state index in [0.717, 1.165) is 10.5 Å². The first kappa shape index (κ1) is 18.4. The van der Waals surface area contributed by atoms with E-state index >= 15 is 0 Å². The number of anilines is 1. The first-order valence-corrected chi connectivity index (χ1v) is 7.86. The average Bonchev–Trinajstić information content (AvgIpc) is 2.72. The molecule has 1 N–H and O–H groups in total. The van der Waals surface area contributed by atoms with Crippen LogP contribution in [0.15, 0.2) is 18.2 Å². The van der Waals surface area contributed by atoms with Gasteiger partial charge in [0, 0.05) is 6.54 Å². The molecule has 1 saturated heterocycles. The number of amides is 5. The van der Waals surface area contributed by atoms with Gasteiger partial charge in [-0.15, -0.1) is 0 Å². The quantitative estimate of drug-likeness (QED) is 0.620. The molecule has 5 amide bonds. The standard InChI is InChI=1S/C17H21N3O5/c1-10(2)8-19-15(22)16(23)20(17(19)24)9-14(21)18-12-7-11(3)5-6-13(12)25-4/h5-7,10H,8-9H2,1-4H3,(H,18,21). The Morgan fingerprint density at radius 1 is 1.16 bits per heavy atom. The third kappa shape index (κ3) is 3.96. The minimum atomic E-state index is -0.989. The molecular weight excluding hydrogens is 326 g/mol. The van der Waals surface area contributed by atoms with Crippen molar-refractivity contribution < 1.29 is 23.9 Å². The molecule has 0 spiro atoms. The lowest BCUT2D eigenvalue weighted by molar-refractivity contribution is -0.143. The van der Waals surface area contributed by atoms with Crippen molar-refractivity contribution in [3.8, 4) is 5.75 Å². The maximum atomic E-state index is 12.2. The lowest BCUT2D eigenvalue weighted by atomic mass is 10.2. The van der Waals surface area contributed by atoms with Crippen LogP contribution >= 0.6 is 0 Å². The molecule has 25 heavy (non-hydrogen) atoms. The molecule has 0 bridgehead atoms. The molecule has 1 aromatic carbocycles. The number of benzene rings is 1. The molecule has 0 aliphatic carbocycles. The molecular formula is C17H21N3O5. The summed E-state index contributed by atoms with van der Waals surface area (Å²) in [6.07, 6.45) is 0. The molecule has 1 heterocycles. The highest BCUT2D eigenvalue weighted by atomic mass is 16.5. The Balaban J connectivity index is 2.10. The number of carbonyl (C=O) groups is 4. The van der Waals surface area contributed by atoms with Gasteiger partial charge in [0.25, 0.3) is 0 Å². The summed E-state index contributed by atoms with van der Waals surface area (Å²) in [6.45, 7) is 5.10. The zero-order valence-electron chi connectivity index (χ0n) is 14.7. The average molecular weight is 347 g/mol. The van der Waals surface area contributed by atoms with Gasteiger partial charge in [-0.1, -0.05) is 19.9 Å². The second kappa shape index (κ2) is 7.33. The molecule has 8 nitrogen and oxygen atoms in total. The second-order valence-corrected chi connectivity index (χ2v) is 6.24. The Hall–Kier alpha value is -2.90. The second-order valence-electron chi connectivity index (χ2n) is 6.24. The zero-order chi connectivity index (χ0) is 18.7. The zero-order valence-corrected chi connectivity index (χ0v) is 14.7. The Kier molecular flexibility index (Phi) is 5.41. The van der Waals surface area contributed by atoms with Crippen LogP contribution in [0.2, 0.25) is 0 Å². The van der Waals surface area contributed by atoms with Gasteiger partial charge in [-0.2, -0.15) is 0 Å². The fraction of sp³-hybridized carbons (Fsp3) is 0.412. The van der Waals surface area contributed by atoms with E-state index < -0.39 is 30.3 Å². The van der Waals surface area contributed by atoms with Crippen molar-refractivity contribution in [1.29, 1.82) is 0 Å². The number of nitrogens with zero attached hydrogens (tertiary/aromatic N) is 2. The van der Waals surface area contributed by atoms with Gasteiger partial charge in [-0.05, 0) is 30.5 Å². The third-order valence-corrected chi connectivity index (χ3v) is 3.61. The van der Waals surface area contributed by atoms with Crippen LogP contribution in [0.25, 0.3) is 0 Å². The van der Waals surface area contributed by atoms with Crippen molar-refractivity contribution >= 4 is 29.4 Å². The van der Waals surface area contributed by atoms with Crippen molar-refractivity contribution in [1.82, 2.24) is 9.80 Å². The number of rotatable bonds is 6. The van der Waals surface area contributed by atoms with E-state index in [9.17, 15) is 19.2 Å². The highest BCUT2D eigenvalue weighted by Gasteiger charge is 2.45. The Labute approximate surface area is 145 Å². The van der Waals surface area contributed by atoms with E-state index in [1.807, 2.05) is 26.8 Å². The number of nitrogens with one attached hydrogen (secondary N) is 1. The van der Waals surface area contributed by atoms with E-state index in [1.54, 1.807) is 12.1 Å². The SMILES string of the molecule is COc1ccc(C)cc1NC(=O)CN1C(=O)C(=O)N(CC(C)C)C1=O. The first-order chi connectivity index (χ1) is 11.7. The highest BCUT2D eigenvalue weighted by Crippen LogP contribution is 2.25. The summed E-state index contributed by atoms with van der Waals surface area (Å²) < 4.78 is 5.17. The summed E-state index contributed by atoms with van der Waals surface area (Å²) in [4.78, 5) is 49.9. The smallest absolute Gasteiger partial charge is 0.334 e.